The molecule has 0 saturated heterocycles. The minimum Gasteiger partial charge on any atom is -0.484 e. The van der Waals surface area contributed by atoms with Gasteiger partial charge < -0.3 is 15.4 Å². The van der Waals surface area contributed by atoms with Crippen LogP contribution in [0.5, 0.6) is 5.75 Å². The summed E-state index contributed by atoms with van der Waals surface area (Å²) >= 11 is 0. The Morgan fingerprint density at radius 1 is 1.00 bits per heavy atom. The Hall–Kier alpha value is -3.94. The number of hydrogen-bond donors (Lipinski definition) is 2. The molecule has 0 atom stereocenters. The molecule has 2 amide bonds. The first-order valence-corrected chi connectivity index (χ1v) is 9.98. The number of nitrogens with one attached hydrogen (secondary N) is 2. The minimum atomic E-state index is -0.324. The van der Waals surface area contributed by atoms with Crippen LogP contribution in [0.3, 0.4) is 0 Å². The molecule has 0 saturated carbocycles. The number of anilines is 1. The van der Waals surface area contributed by atoms with Gasteiger partial charge in [-0.05, 0) is 18.2 Å². The van der Waals surface area contributed by atoms with Gasteiger partial charge >= 0.3 is 0 Å². The molecule has 31 heavy (non-hydrogen) atoms. The fraction of sp³-hybridized carbons (Fsp3) is 0.217. The normalized spacial score (nSPS) is 10.4. The van der Waals surface area contributed by atoms with Crippen LogP contribution in [-0.4, -0.2) is 34.7 Å². The van der Waals surface area contributed by atoms with E-state index in [1.807, 2.05) is 30.3 Å². The van der Waals surface area contributed by atoms with Gasteiger partial charge in [-0.25, -0.2) is 4.68 Å². The molecule has 2 N–H and O–H groups in total. The van der Waals surface area contributed by atoms with Crippen molar-refractivity contribution < 1.29 is 14.3 Å². The first-order chi connectivity index (χ1) is 15.0. The molecule has 1 aromatic heterocycles. The predicted octanol–water partition coefficient (Wildman–Crippen LogP) is 2.45. The lowest BCUT2D eigenvalue weighted by atomic mass is 10.1. The monoisotopic (exact) mass is 420 g/mol. The number of benzene rings is 2. The van der Waals surface area contributed by atoms with Gasteiger partial charge in [0.2, 0.25) is 5.91 Å². The smallest absolute Gasteiger partial charge is 0.266 e. The van der Waals surface area contributed by atoms with Crippen molar-refractivity contribution in [2.45, 2.75) is 19.9 Å². The zero-order valence-corrected chi connectivity index (χ0v) is 17.2. The summed E-state index contributed by atoms with van der Waals surface area (Å²) in [6, 6.07) is 19.5. The molecule has 8 nitrogen and oxygen atoms in total. The molecule has 0 spiro atoms. The van der Waals surface area contributed by atoms with Crippen molar-refractivity contribution in [2.24, 2.45) is 0 Å². The van der Waals surface area contributed by atoms with Crippen LogP contribution in [0.25, 0.3) is 11.3 Å². The fourth-order valence-electron chi connectivity index (χ4n) is 2.79. The van der Waals surface area contributed by atoms with Crippen LogP contribution in [0.2, 0.25) is 0 Å². The summed E-state index contributed by atoms with van der Waals surface area (Å²) < 4.78 is 6.80. The highest BCUT2D eigenvalue weighted by Crippen LogP contribution is 2.17. The van der Waals surface area contributed by atoms with E-state index >= 15 is 0 Å². The van der Waals surface area contributed by atoms with Gasteiger partial charge in [0.1, 0.15) is 5.75 Å². The number of hydrogen-bond acceptors (Lipinski definition) is 5. The number of nitrogens with zero attached hydrogens (tertiary/aromatic N) is 2. The number of rotatable bonds is 9. The summed E-state index contributed by atoms with van der Waals surface area (Å²) in [5, 5.41) is 9.81. The number of ether oxygens (including phenoxy) is 1. The van der Waals surface area contributed by atoms with Gasteiger partial charge in [-0.15, -0.1) is 0 Å². The van der Waals surface area contributed by atoms with Gasteiger partial charge in [0, 0.05) is 36.3 Å². The van der Waals surface area contributed by atoms with Gasteiger partial charge in [0.15, 0.2) is 6.61 Å². The van der Waals surface area contributed by atoms with Crippen molar-refractivity contribution in [3.05, 3.63) is 77.1 Å². The fourth-order valence-corrected chi connectivity index (χ4v) is 2.79. The van der Waals surface area contributed by atoms with Crippen molar-refractivity contribution >= 4 is 17.5 Å². The Bertz CT molecular complexity index is 1100. The van der Waals surface area contributed by atoms with E-state index in [2.05, 4.69) is 15.7 Å². The largest absolute Gasteiger partial charge is 0.484 e. The van der Waals surface area contributed by atoms with E-state index in [0.717, 1.165) is 5.56 Å². The highest BCUT2D eigenvalue weighted by Gasteiger charge is 2.06. The molecule has 0 radical (unpaired) electrons. The highest BCUT2D eigenvalue weighted by molar-refractivity contribution is 5.90. The lowest BCUT2D eigenvalue weighted by Crippen LogP contribution is -2.34. The Kier molecular flexibility index (Phi) is 7.53. The van der Waals surface area contributed by atoms with Crippen LogP contribution in [0.1, 0.15) is 13.3 Å². The Morgan fingerprint density at radius 3 is 2.58 bits per heavy atom. The van der Waals surface area contributed by atoms with Gasteiger partial charge in [0.25, 0.3) is 11.5 Å². The highest BCUT2D eigenvalue weighted by atomic mass is 16.5. The molecule has 0 fully saturated rings. The van der Waals surface area contributed by atoms with Crippen LogP contribution in [-0.2, 0) is 16.1 Å². The molecule has 1 heterocycles. The molecule has 0 unspecified atom stereocenters. The molecule has 8 heteroatoms. The summed E-state index contributed by atoms with van der Waals surface area (Å²) in [4.78, 5) is 35.6. The van der Waals surface area contributed by atoms with E-state index in [4.69, 9.17) is 4.74 Å². The Balaban J connectivity index is 1.49. The van der Waals surface area contributed by atoms with Crippen molar-refractivity contribution in [3.8, 4) is 17.0 Å². The third-order valence-corrected chi connectivity index (χ3v) is 4.39. The molecule has 0 bridgehead atoms. The molecule has 0 aliphatic heterocycles. The standard InChI is InChI=1S/C23H24N4O4/c1-2-21(28)25-18-9-6-10-19(15-18)31-16-22(29)24-13-14-27-23(30)12-11-20(26-27)17-7-4-3-5-8-17/h3-12,15H,2,13-14,16H2,1H3,(H,24,29)(H,25,28). The van der Waals surface area contributed by atoms with Crippen molar-refractivity contribution in [3.63, 3.8) is 0 Å². The summed E-state index contributed by atoms with van der Waals surface area (Å²) in [7, 11) is 0. The molecular formula is C23H24N4O4. The zero-order valence-electron chi connectivity index (χ0n) is 17.2. The van der Waals surface area contributed by atoms with Crippen LogP contribution >= 0.6 is 0 Å². The van der Waals surface area contributed by atoms with Crippen LogP contribution in [0.4, 0.5) is 5.69 Å². The second-order valence-corrected chi connectivity index (χ2v) is 6.71. The summed E-state index contributed by atoms with van der Waals surface area (Å²) in [5.41, 5.74) is 1.96. The molecular weight excluding hydrogens is 396 g/mol. The molecule has 160 valence electrons. The number of aromatic nitrogens is 2. The number of carbonyl (C=O) groups excluding carboxylic acids is 2. The molecule has 2 aromatic carbocycles. The van der Waals surface area contributed by atoms with E-state index in [1.54, 1.807) is 37.3 Å². The quantitative estimate of drug-likeness (QED) is 0.554. The van der Waals surface area contributed by atoms with Crippen LogP contribution in [0.15, 0.2) is 71.5 Å². The first kappa shape index (κ1) is 21.8. The van der Waals surface area contributed by atoms with Gasteiger partial charge in [0.05, 0.1) is 12.2 Å². The Morgan fingerprint density at radius 2 is 1.81 bits per heavy atom. The van der Waals surface area contributed by atoms with Gasteiger partial charge in [-0.1, -0.05) is 43.3 Å². The van der Waals surface area contributed by atoms with Crippen molar-refractivity contribution in [1.82, 2.24) is 15.1 Å². The second kappa shape index (κ2) is 10.7. The second-order valence-electron chi connectivity index (χ2n) is 6.71. The summed E-state index contributed by atoms with van der Waals surface area (Å²) in [5.74, 6) is 0.0443. The maximum atomic E-state index is 12.1. The van der Waals surface area contributed by atoms with E-state index in [-0.39, 0.29) is 37.1 Å². The average Bonchev–Trinajstić information content (AvgIpc) is 2.79. The maximum Gasteiger partial charge on any atom is 0.266 e. The van der Waals surface area contributed by atoms with Gasteiger partial charge in [-0.3, -0.25) is 14.4 Å². The third kappa shape index (κ3) is 6.53. The lowest BCUT2D eigenvalue weighted by molar-refractivity contribution is -0.123. The van der Waals surface area contributed by atoms with Crippen LogP contribution < -0.4 is 20.9 Å². The number of carbonyl (C=O) groups is 2. The average molecular weight is 420 g/mol. The van der Waals surface area contributed by atoms with Crippen molar-refractivity contribution in [1.29, 1.82) is 0 Å². The minimum absolute atomic E-state index is 0.102. The SMILES string of the molecule is CCC(=O)Nc1cccc(OCC(=O)NCCn2nc(-c3ccccc3)ccc2=O)c1. The van der Waals surface area contributed by atoms with E-state index in [0.29, 0.717) is 23.6 Å². The first-order valence-electron chi connectivity index (χ1n) is 9.98. The van der Waals surface area contributed by atoms with E-state index in [1.165, 1.54) is 10.7 Å². The lowest BCUT2D eigenvalue weighted by Gasteiger charge is -2.10. The predicted molar refractivity (Wildman–Crippen MR) is 118 cm³/mol. The van der Waals surface area contributed by atoms with Crippen molar-refractivity contribution in [2.75, 3.05) is 18.5 Å². The molecule has 3 rings (SSSR count). The topological polar surface area (TPSA) is 102 Å². The molecule has 0 aliphatic rings. The zero-order chi connectivity index (χ0) is 22.1. The van der Waals surface area contributed by atoms with E-state index in [9.17, 15) is 14.4 Å². The maximum absolute atomic E-state index is 12.1. The van der Waals surface area contributed by atoms with Gasteiger partial charge in [-0.2, -0.15) is 5.10 Å². The third-order valence-electron chi connectivity index (χ3n) is 4.39. The Labute approximate surface area is 179 Å². The van der Waals surface area contributed by atoms with E-state index < -0.39 is 0 Å². The molecule has 0 aliphatic carbocycles. The molecule has 3 aromatic rings. The van der Waals surface area contributed by atoms with Crippen LogP contribution in [0, 0.1) is 0 Å². The number of amides is 2. The summed E-state index contributed by atoms with van der Waals surface area (Å²) in [6.45, 7) is 2.06. The summed E-state index contributed by atoms with van der Waals surface area (Å²) in [6.07, 6.45) is 0.375.